The first kappa shape index (κ1) is 9.19. The number of likely N-dealkylation sites (tertiary alicyclic amines) is 1. The fraction of sp³-hybridized carbons (Fsp3) is 0.538. The zero-order valence-corrected chi connectivity index (χ0v) is 10.8. The number of hydrogen-bond acceptors (Lipinski definition) is 4. The summed E-state index contributed by atoms with van der Waals surface area (Å²) in [4.78, 5) is 17.3. The van der Waals surface area contributed by atoms with Gasteiger partial charge in [0.15, 0.2) is 0 Å². The number of carbonyl (C=O) groups excluding carboxylic acids is 1. The van der Waals surface area contributed by atoms with Crippen LogP contribution < -0.4 is 5.73 Å². The smallest absolute Gasteiger partial charge is 0.410 e. The Labute approximate surface area is 111 Å². The predicted molar refractivity (Wildman–Crippen MR) is 69.2 cm³/mol. The van der Waals surface area contributed by atoms with Gasteiger partial charge in [-0.05, 0) is 32.9 Å². The number of anilines is 1. The van der Waals surface area contributed by atoms with E-state index in [9.17, 15) is 4.79 Å². The van der Waals surface area contributed by atoms with Crippen molar-refractivity contribution in [3.8, 4) is 0 Å². The molecule has 2 heterocycles. The van der Waals surface area contributed by atoms with Gasteiger partial charge < -0.3 is 15.4 Å². The highest BCUT2D eigenvalue weighted by molar-refractivity contribution is 5.69. The van der Waals surface area contributed by atoms with Gasteiger partial charge in [0.05, 0.1) is 4.11 Å². The van der Waals surface area contributed by atoms with Crippen molar-refractivity contribution in [2.24, 2.45) is 0 Å². The Balaban J connectivity index is 2.07. The summed E-state index contributed by atoms with van der Waals surface area (Å²) >= 11 is 0. The molecule has 1 aliphatic rings. The van der Waals surface area contributed by atoms with Gasteiger partial charge in [-0.3, -0.25) is 4.98 Å². The molecule has 2 rings (SSSR count). The molecule has 1 aromatic heterocycles. The molecule has 5 nitrogen and oxygen atoms in total. The molecule has 1 aliphatic heterocycles. The maximum atomic E-state index is 11.8. The quantitative estimate of drug-likeness (QED) is 0.830. The zero-order chi connectivity index (χ0) is 15.9. The van der Waals surface area contributed by atoms with Crippen LogP contribution in [0.15, 0.2) is 18.3 Å². The van der Waals surface area contributed by atoms with Gasteiger partial charge in [-0.1, -0.05) is 0 Å². The van der Waals surface area contributed by atoms with Gasteiger partial charge in [-0.15, -0.1) is 0 Å². The van der Waals surface area contributed by atoms with E-state index in [0.717, 1.165) is 0 Å². The van der Waals surface area contributed by atoms with E-state index in [1.807, 2.05) is 0 Å². The van der Waals surface area contributed by atoms with Crippen molar-refractivity contribution >= 4 is 11.8 Å². The molecule has 0 bridgehead atoms. The highest BCUT2D eigenvalue weighted by Crippen LogP contribution is 2.27. The first-order valence-electron chi connectivity index (χ1n) is 7.31. The number of nitrogens with zero attached hydrogens (tertiary/aromatic N) is 2. The molecule has 1 aromatic rings. The third-order valence-corrected chi connectivity index (χ3v) is 2.55. The molecule has 0 aliphatic carbocycles. The number of pyridine rings is 1. The van der Waals surface area contributed by atoms with Crippen LogP contribution in [0.1, 0.15) is 36.5 Å². The maximum absolute atomic E-state index is 11.8. The molecule has 0 radical (unpaired) electrons. The fourth-order valence-electron chi connectivity index (χ4n) is 1.67. The van der Waals surface area contributed by atoms with Crippen LogP contribution in [0, 0.1) is 0 Å². The molecule has 0 saturated carbocycles. The minimum atomic E-state index is -0.549. The van der Waals surface area contributed by atoms with E-state index in [4.69, 9.17) is 14.6 Å². The molecule has 18 heavy (non-hydrogen) atoms. The van der Waals surface area contributed by atoms with Crippen molar-refractivity contribution in [1.29, 1.82) is 0 Å². The molecule has 0 spiro atoms. The zero-order valence-electron chi connectivity index (χ0n) is 13.8. The maximum Gasteiger partial charge on any atom is 0.410 e. The topological polar surface area (TPSA) is 68.5 Å². The van der Waals surface area contributed by atoms with Crippen molar-refractivity contribution in [3.63, 3.8) is 0 Å². The summed E-state index contributed by atoms with van der Waals surface area (Å²) in [5.41, 5.74) is 5.42. The van der Waals surface area contributed by atoms with Gasteiger partial charge in [0.1, 0.15) is 5.60 Å². The summed E-state index contributed by atoms with van der Waals surface area (Å²) < 4.78 is 28.2. The van der Waals surface area contributed by atoms with E-state index in [-0.39, 0.29) is 29.9 Å². The van der Waals surface area contributed by atoms with E-state index in [1.165, 1.54) is 4.90 Å². The lowest BCUT2D eigenvalue weighted by molar-refractivity contribution is 0.00788. The largest absolute Gasteiger partial charge is 0.444 e. The van der Waals surface area contributed by atoms with E-state index >= 15 is 0 Å². The van der Waals surface area contributed by atoms with Crippen LogP contribution in [0.25, 0.3) is 0 Å². The van der Waals surface area contributed by atoms with Crippen molar-refractivity contribution in [2.45, 2.75) is 32.3 Å². The van der Waals surface area contributed by atoms with Crippen LogP contribution in [0.4, 0.5) is 10.5 Å². The first-order chi connectivity index (χ1) is 9.60. The molecular weight excluding hydrogens is 230 g/mol. The van der Waals surface area contributed by atoms with Crippen LogP contribution in [0.5, 0.6) is 0 Å². The number of nitrogens with two attached hydrogens (primary N) is 1. The lowest BCUT2D eigenvalue weighted by Gasteiger charge is -2.39. The lowest BCUT2D eigenvalue weighted by Crippen LogP contribution is -2.50. The predicted octanol–water partition coefficient (Wildman–Crippen LogP) is 2.00. The van der Waals surface area contributed by atoms with Crippen molar-refractivity contribution in [2.75, 3.05) is 18.8 Å². The van der Waals surface area contributed by atoms with Crippen LogP contribution >= 0.6 is 0 Å². The minimum absolute atomic E-state index is 0.0233. The Kier molecular flexibility index (Phi) is 2.29. The Morgan fingerprint density at radius 2 is 2.28 bits per heavy atom. The van der Waals surface area contributed by atoms with Gasteiger partial charge >= 0.3 is 6.09 Å². The summed E-state index contributed by atoms with van der Waals surface area (Å²) in [5.74, 6) is -0.142. The second kappa shape index (κ2) is 4.48. The summed E-state index contributed by atoms with van der Waals surface area (Å²) in [6.45, 7) is 6.15. The van der Waals surface area contributed by atoms with Crippen LogP contribution in [-0.4, -0.2) is 34.7 Å². The van der Waals surface area contributed by atoms with E-state index in [2.05, 4.69) is 4.98 Å². The molecule has 1 saturated heterocycles. The Bertz CT molecular complexity index is 581. The molecular formula is C13H19N3O2. The Morgan fingerprint density at radius 1 is 1.61 bits per heavy atom. The van der Waals surface area contributed by atoms with Crippen molar-refractivity contribution in [3.05, 3.63) is 24.0 Å². The number of ether oxygens (including phenoxy) is 1. The van der Waals surface area contributed by atoms with Crippen molar-refractivity contribution < 1.29 is 13.6 Å². The third kappa shape index (κ3) is 2.91. The van der Waals surface area contributed by atoms with Gasteiger partial charge in [0.2, 0.25) is 0 Å². The summed E-state index contributed by atoms with van der Waals surface area (Å²) in [6.07, 6.45) is -0.643. The summed E-state index contributed by atoms with van der Waals surface area (Å²) in [7, 11) is 0. The molecule has 1 amide bonds. The second-order valence-electron chi connectivity index (χ2n) is 5.35. The highest BCUT2D eigenvalue weighted by Gasteiger charge is 2.35. The Hall–Kier alpha value is -1.78. The monoisotopic (exact) mass is 252 g/mol. The SMILES string of the molecule is [2H]c1nc(C2CN(C(=O)OC(C)(C)C)C2)c([2H])c(N)c1[2H]. The number of nitrogen functional groups attached to an aromatic ring is 1. The first-order valence-corrected chi connectivity index (χ1v) is 5.81. The summed E-state index contributed by atoms with van der Waals surface area (Å²) in [6, 6.07) is -0.253. The third-order valence-electron chi connectivity index (χ3n) is 2.55. The van der Waals surface area contributed by atoms with Crippen molar-refractivity contribution in [1.82, 2.24) is 9.88 Å². The number of aromatic nitrogens is 1. The number of rotatable bonds is 1. The van der Waals surface area contributed by atoms with Crippen LogP contribution in [0.3, 0.4) is 0 Å². The second-order valence-corrected chi connectivity index (χ2v) is 5.35. The van der Waals surface area contributed by atoms with E-state index < -0.39 is 11.7 Å². The number of carbonyl (C=O) groups is 1. The highest BCUT2D eigenvalue weighted by atomic mass is 16.6. The molecule has 2 N–H and O–H groups in total. The normalized spacial score (nSPS) is 18.6. The molecule has 0 atom stereocenters. The standard InChI is InChI=1S/C13H19N3O2/c1-13(2,3)18-12(17)16-7-9(8-16)11-6-10(14)4-5-15-11/h4-6,9H,7-8H2,1-3H3,(H2,14,15)/i4D,5D,6D. The van der Waals surface area contributed by atoms with Gasteiger partial charge in [-0.25, -0.2) is 4.79 Å². The molecule has 0 aromatic carbocycles. The minimum Gasteiger partial charge on any atom is -0.444 e. The number of hydrogen-bond donors (Lipinski definition) is 1. The van der Waals surface area contributed by atoms with Gasteiger partial charge in [0.25, 0.3) is 0 Å². The molecule has 1 fully saturated rings. The van der Waals surface area contributed by atoms with E-state index in [1.54, 1.807) is 20.8 Å². The van der Waals surface area contributed by atoms with Gasteiger partial charge in [0, 0.05) is 36.6 Å². The Morgan fingerprint density at radius 3 is 2.89 bits per heavy atom. The average molecular weight is 252 g/mol. The van der Waals surface area contributed by atoms with Crippen LogP contribution in [-0.2, 0) is 4.74 Å². The van der Waals surface area contributed by atoms with Gasteiger partial charge in [-0.2, -0.15) is 0 Å². The fourth-order valence-corrected chi connectivity index (χ4v) is 1.67. The van der Waals surface area contributed by atoms with Crippen LogP contribution in [0.2, 0.25) is 0 Å². The van der Waals surface area contributed by atoms with E-state index in [0.29, 0.717) is 18.8 Å². The molecule has 98 valence electrons. The molecule has 5 heteroatoms. The molecule has 0 unspecified atom stereocenters. The average Bonchev–Trinajstić information content (AvgIpc) is 2.28. The lowest BCUT2D eigenvalue weighted by atomic mass is 9.96. The number of amides is 1. The summed E-state index contributed by atoms with van der Waals surface area (Å²) in [5, 5.41) is 0.